The molecular formula is C15H29ClN2O3. The van der Waals surface area contributed by atoms with E-state index in [2.05, 4.69) is 19.2 Å². The quantitative estimate of drug-likeness (QED) is 0.833. The summed E-state index contributed by atoms with van der Waals surface area (Å²) in [6, 6.07) is 0. The van der Waals surface area contributed by atoms with Crippen molar-refractivity contribution in [2.24, 2.45) is 5.92 Å². The molecule has 1 atom stereocenters. The molecule has 2 fully saturated rings. The first-order valence-corrected chi connectivity index (χ1v) is 7.74. The molecule has 21 heavy (non-hydrogen) atoms. The predicted octanol–water partition coefficient (Wildman–Crippen LogP) is 1.45. The van der Waals surface area contributed by atoms with Gasteiger partial charge in [0.05, 0.1) is 6.10 Å². The van der Waals surface area contributed by atoms with E-state index in [9.17, 15) is 4.79 Å². The molecule has 2 heterocycles. The predicted molar refractivity (Wildman–Crippen MR) is 84.9 cm³/mol. The molecule has 2 aliphatic heterocycles. The van der Waals surface area contributed by atoms with Crippen molar-refractivity contribution in [3.63, 3.8) is 0 Å². The van der Waals surface area contributed by atoms with Crippen LogP contribution in [0, 0.1) is 5.92 Å². The van der Waals surface area contributed by atoms with Crippen molar-refractivity contribution in [3.05, 3.63) is 0 Å². The third-order valence-electron chi connectivity index (χ3n) is 4.29. The first kappa shape index (κ1) is 18.7. The van der Waals surface area contributed by atoms with Crippen LogP contribution in [0.5, 0.6) is 0 Å². The summed E-state index contributed by atoms with van der Waals surface area (Å²) in [6.45, 7) is 8.26. The highest BCUT2D eigenvalue weighted by Crippen LogP contribution is 2.27. The van der Waals surface area contributed by atoms with Crippen LogP contribution in [0.3, 0.4) is 0 Å². The van der Waals surface area contributed by atoms with E-state index in [-0.39, 0.29) is 24.4 Å². The van der Waals surface area contributed by atoms with Crippen LogP contribution in [0.25, 0.3) is 0 Å². The summed E-state index contributed by atoms with van der Waals surface area (Å²) in [5.41, 5.74) is -0.613. The largest absolute Gasteiger partial charge is 0.376 e. The number of carbonyl (C=O) groups excluding carboxylic acids is 1. The molecule has 2 saturated heterocycles. The molecule has 5 nitrogen and oxygen atoms in total. The van der Waals surface area contributed by atoms with E-state index < -0.39 is 5.60 Å². The van der Waals surface area contributed by atoms with Crippen molar-refractivity contribution in [1.82, 2.24) is 10.2 Å². The van der Waals surface area contributed by atoms with Gasteiger partial charge in [-0.1, -0.05) is 13.8 Å². The number of hydrogen-bond acceptors (Lipinski definition) is 4. The van der Waals surface area contributed by atoms with E-state index >= 15 is 0 Å². The highest BCUT2D eigenvalue weighted by Gasteiger charge is 2.44. The molecule has 6 heteroatoms. The molecule has 1 unspecified atom stereocenters. The molecule has 0 aromatic carbocycles. The van der Waals surface area contributed by atoms with Gasteiger partial charge in [-0.15, -0.1) is 12.4 Å². The van der Waals surface area contributed by atoms with Crippen LogP contribution in [0.1, 0.15) is 33.1 Å². The number of methoxy groups -OCH3 is 1. The van der Waals surface area contributed by atoms with Crippen LogP contribution in [0.4, 0.5) is 0 Å². The maximum absolute atomic E-state index is 12.8. The van der Waals surface area contributed by atoms with Gasteiger partial charge in [-0.3, -0.25) is 4.79 Å². The third-order valence-corrected chi connectivity index (χ3v) is 4.29. The molecule has 0 aromatic heterocycles. The van der Waals surface area contributed by atoms with Gasteiger partial charge >= 0.3 is 0 Å². The number of amides is 1. The minimum atomic E-state index is -0.613. The average Bonchev–Trinajstić information content (AvgIpc) is 2.94. The lowest BCUT2D eigenvalue weighted by atomic mass is 9.90. The Morgan fingerprint density at radius 2 is 2.05 bits per heavy atom. The highest BCUT2D eigenvalue weighted by molar-refractivity contribution is 5.86. The van der Waals surface area contributed by atoms with Crippen molar-refractivity contribution >= 4 is 18.3 Å². The minimum absolute atomic E-state index is 0. The smallest absolute Gasteiger partial charge is 0.254 e. The summed E-state index contributed by atoms with van der Waals surface area (Å²) >= 11 is 0. The summed E-state index contributed by atoms with van der Waals surface area (Å²) < 4.78 is 11.5. The van der Waals surface area contributed by atoms with E-state index in [4.69, 9.17) is 9.47 Å². The number of piperidine rings is 1. The molecule has 2 rings (SSSR count). The Hall–Kier alpha value is -0.360. The second kappa shape index (κ2) is 8.32. The van der Waals surface area contributed by atoms with Crippen LogP contribution in [-0.2, 0) is 14.3 Å². The molecule has 124 valence electrons. The zero-order valence-electron chi connectivity index (χ0n) is 13.4. The second-order valence-corrected chi connectivity index (χ2v) is 6.34. The maximum atomic E-state index is 12.8. The molecule has 0 aliphatic carbocycles. The number of hydrogen-bond donors (Lipinski definition) is 1. The topological polar surface area (TPSA) is 50.8 Å². The molecule has 0 bridgehead atoms. The molecule has 0 saturated carbocycles. The number of nitrogens with one attached hydrogen (secondary N) is 1. The number of likely N-dealkylation sites (tertiary alicyclic amines) is 1. The Bertz CT molecular complexity index is 333. The van der Waals surface area contributed by atoms with Gasteiger partial charge in [-0.05, 0) is 38.3 Å². The van der Waals surface area contributed by atoms with Gasteiger partial charge in [0.2, 0.25) is 0 Å². The Morgan fingerprint density at radius 3 is 2.62 bits per heavy atom. The molecule has 0 aromatic rings. The molecule has 1 N–H and O–H groups in total. The van der Waals surface area contributed by atoms with Gasteiger partial charge < -0.3 is 19.7 Å². The van der Waals surface area contributed by atoms with Crippen LogP contribution < -0.4 is 5.32 Å². The summed E-state index contributed by atoms with van der Waals surface area (Å²) in [6.07, 6.45) is 2.65. The van der Waals surface area contributed by atoms with E-state index in [0.29, 0.717) is 12.5 Å². The van der Waals surface area contributed by atoms with E-state index in [1.54, 1.807) is 7.11 Å². The Morgan fingerprint density at radius 1 is 1.38 bits per heavy atom. The zero-order valence-corrected chi connectivity index (χ0v) is 14.2. The normalized spacial score (nSPS) is 25.0. The van der Waals surface area contributed by atoms with Crippen LogP contribution in [0.2, 0.25) is 0 Å². The number of nitrogens with zero attached hydrogens (tertiary/aromatic N) is 1. The fraction of sp³-hybridized carbons (Fsp3) is 0.933. The molecule has 0 radical (unpaired) electrons. The maximum Gasteiger partial charge on any atom is 0.254 e. The molecule has 0 spiro atoms. The van der Waals surface area contributed by atoms with Gasteiger partial charge in [0.15, 0.2) is 0 Å². The second-order valence-electron chi connectivity index (χ2n) is 6.34. The van der Waals surface area contributed by atoms with E-state index in [1.807, 2.05) is 4.90 Å². The van der Waals surface area contributed by atoms with Crippen molar-refractivity contribution < 1.29 is 14.3 Å². The van der Waals surface area contributed by atoms with E-state index in [0.717, 1.165) is 45.5 Å². The number of halogens is 1. The standard InChI is InChI=1S/C15H28N2O3.ClH/c1-12(2)11-20-13-4-9-17(10-13)14(18)15(19-3)5-7-16-8-6-15;/h12-13,16H,4-11H2,1-3H3;1H. The van der Waals surface area contributed by atoms with Crippen LogP contribution >= 0.6 is 12.4 Å². The first-order chi connectivity index (χ1) is 9.57. The fourth-order valence-electron chi connectivity index (χ4n) is 3.00. The lowest BCUT2D eigenvalue weighted by Crippen LogP contribution is -2.55. The van der Waals surface area contributed by atoms with Gasteiger partial charge in [-0.25, -0.2) is 0 Å². The van der Waals surface area contributed by atoms with Crippen molar-refractivity contribution in [1.29, 1.82) is 0 Å². The van der Waals surface area contributed by atoms with Gasteiger partial charge in [0, 0.05) is 26.8 Å². The lowest BCUT2D eigenvalue weighted by Gasteiger charge is -2.37. The minimum Gasteiger partial charge on any atom is -0.376 e. The van der Waals surface area contributed by atoms with Crippen molar-refractivity contribution in [2.45, 2.75) is 44.8 Å². The van der Waals surface area contributed by atoms with Crippen LogP contribution in [0.15, 0.2) is 0 Å². The molecule has 2 aliphatic rings. The highest BCUT2D eigenvalue weighted by atomic mass is 35.5. The lowest BCUT2D eigenvalue weighted by molar-refractivity contribution is -0.157. The molecule has 1 amide bonds. The molecular weight excluding hydrogens is 292 g/mol. The third kappa shape index (κ3) is 4.55. The number of rotatable bonds is 5. The number of ether oxygens (including phenoxy) is 2. The SMILES string of the molecule is COC1(C(=O)N2CCC(OCC(C)C)C2)CCNCC1.Cl. The van der Waals surface area contributed by atoms with Crippen LogP contribution in [-0.4, -0.2) is 62.4 Å². The summed E-state index contributed by atoms with van der Waals surface area (Å²) in [5, 5.41) is 3.29. The van der Waals surface area contributed by atoms with Crippen molar-refractivity contribution in [3.8, 4) is 0 Å². The van der Waals surface area contributed by atoms with Gasteiger partial charge in [-0.2, -0.15) is 0 Å². The summed E-state index contributed by atoms with van der Waals surface area (Å²) in [5.74, 6) is 0.687. The summed E-state index contributed by atoms with van der Waals surface area (Å²) in [4.78, 5) is 14.7. The monoisotopic (exact) mass is 320 g/mol. The van der Waals surface area contributed by atoms with E-state index in [1.165, 1.54) is 0 Å². The van der Waals surface area contributed by atoms with Gasteiger partial charge in [0.1, 0.15) is 5.60 Å². The first-order valence-electron chi connectivity index (χ1n) is 7.74. The zero-order chi connectivity index (χ0) is 14.6. The average molecular weight is 321 g/mol. The Kier molecular flexibility index (Phi) is 7.40. The Balaban J connectivity index is 0.00000220. The fourth-order valence-corrected chi connectivity index (χ4v) is 3.00. The van der Waals surface area contributed by atoms with Crippen molar-refractivity contribution in [2.75, 3.05) is 39.9 Å². The Labute approximate surface area is 134 Å². The summed E-state index contributed by atoms with van der Waals surface area (Å²) in [7, 11) is 1.66. The number of carbonyl (C=O) groups is 1. The van der Waals surface area contributed by atoms with Gasteiger partial charge in [0.25, 0.3) is 5.91 Å².